The van der Waals surface area contributed by atoms with Gasteiger partial charge in [-0.1, -0.05) is 12.8 Å². The molecule has 1 N–H and O–H groups in total. The van der Waals surface area contributed by atoms with Gasteiger partial charge in [-0.3, -0.25) is 9.78 Å². The molecular weight excluding hydrogens is 375 g/mol. The van der Waals surface area contributed by atoms with Crippen LogP contribution in [0.15, 0.2) is 54.7 Å². The highest BCUT2D eigenvalue weighted by atomic mass is 19.1. The van der Waals surface area contributed by atoms with Crippen LogP contribution in [0.4, 0.5) is 10.1 Å². The Hall–Kier alpha value is -3.19. The molecule has 1 aromatic heterocycles. The van der Waals surface area contributed by atoms with Crippen LogP contribution in [-0.2, 0) is 4.79 Å². The zero-order valence-electron chi connectivity index (χ0n) is 17.1. The van der Waals surface area contributed by atoms with Crippen molar-refractivity contribution >= 4 is 22.5 Å². The number of carbonyl (C=O) groups excluding carboxylic acids is 1. The van der Waals surface area contributed by atoms with E-state index in [-0.39, 0.29) is 17.6 Å². The average molecular weight is 400 g/mol. The fourth-order valence-electron chi connectivity index (χ4n) is 4.55. The maximum absolute atomic E-state index is 13.8. The predicted molar refractivity (Wildman–Crippen MR) is 119 cm³/mol. The number of anilines is 1. The average Bonchev–Trinajstić information content (AvgIpc) is 2.78. The standard InChI is InChI=1S/C26H25FN2O/c1-3-18-4-11-22(12-5-18)29-26(30)17(2)19-6-8-20(9-7-19)23-14-15-28-25-13-10-21(27)16-24(23)25/h1,4-5,10-17,19-20H,6-9H2,2H3,(H,29,30)/t17?,19-,20+. The van der Waals surface area contributed by atoms with Crippen molar-refractivity contribution in [2.45, 2.75) is 38.5 Å². The highest BCUT2D eigenvalue weighted by Crippen LogP contribution is 2.41. The summed E-state index contributed by atoms with van der Waals surface area (Å²) in [6.45, 7) is 2.01. The Labute approximate surface area is 176 Å². The number of hydrogen-bond donors (Lipinski definition) is 1. The Bertz CT molecular complexity index is 1090. The van der Waals surface area contributed by atoms with Gasteiger partial charge in [0, 0.05) is 28.8 Å². The molecule has 1 saturated carbocycles. The zero-order valence-corrected chi connectivity index (χ0v) is 17.1. The Morgan fingerprint density at radius 2 is 1.87 bits per heavy atom. The highest BCUT2D eigenvalue weighted by Gasteiger charge is 2.30. The number of amides is 1. The van der Waals surface area contributed by atoms with Crippen molar-refractivity contribution in [1.82, 2.24) is 4.98 Å². The van der Waals surface area contributed by atoms with Gasteiger partial charge in [-0.05, 0) is 91.6 Å². The second-order valence-electron chi connectivity index (χ2n) is 8.17. The van der Waals surface area contributed by atoms with E-state index in [2.05, 4.69) is 16.2 Å². The monoisotopic (exact) mass is 400 g/mol. The second kappa shape index (κ2) is 8.67. The van der Waals surface area contributed by atoms with E-state index in [1.165, 1.54) is 11.6 Å². The van der Waals surface area contributed by atoms with Crippen LogP contribution in [0.5, 0.6) is 0 Å². The maximum Gasteiger partial charge on any atom is 0.227 e. The summed E-state index contributed by atoms with van der Waals surface area (Å²) in [5.41, 5.74) is 3.57. The van der Waals surface area contributed by atoms with Gasteiger partial charge in [0.15, 0.2) is 0 Å². The molecular formula is C26H25FN2O. The number of aromatic nitrogens is 1. The number of nitrogens with one attached hydrogen (secondary N) is 1. The molecule has 30 heavy (non-hydrogen) atoms. The van der Waals surface area contributed by atoms with Gasteiger partial charge in [0.2, 0.25) is 5.91 Å². The summed E-state index contributed by atoms with van der Waals surface area (Å²) in [6.07, 6.45) is 11.1. The lowest BCUT2D eigenvalue weighted by Gasteiger charge is -2.32. The van der Waals surface area contributed by atoms with Gasteiger partial charge in [-0.25, -0.2) is 4.39 Å². The van der Waals surface area contributed by atoms with Crippen LogP contribution < -0.4 is 5.32 Å². The van der Waals surface area contributed by atoms with Crippen molar-refractivity contribution in [2.75, 3.05) is 5.32 Å². The Morgan fingerprint density at radius 3 is 2.57 bits per heavy atom. The first-order valence-electron chi connectivity index (χ1n) is 10.5. The minimum absolute atomic E-state index is 0.0448. The molecule has 1 amide bonds. The summed E-state index contributed by atoms with van der Waals surface area (Å²) < 4.78 is 13.8. The van der Waals surface area contributed by atoms with Crippen LogP contribution in [0.2, 0.25) is 0 Å². The van der Waals surface area contributed by atoms with Crippen LogP contribution in [0, 0.1) is 30.0 Å². The van der Waals surface area contributed by atoms with E-state index in [4.69, 9.17) is 6.42 Å². The van der Waals surface area contributed by atoms with Crippen molar-refractivity contribution < 1.29 is 9.18 Å². The number of hydrogen-bond acceptors (Lipinski definition) is 2. The molecule has 0 aliphatic heterocycles. The number of carbonyl (C=O) groups is 1. The molecule has 4 heteroatoms. The Morgan fingerprint density at radius 1 is 1.13 bits per heavy atom. The number of fused-ring (bicyclic) bond motifs is 1. The van der Waals surface area contributed by atoms with Gasteiger partial charge in [0.05, 0.1) is 5.52 Å². The molecule has 1 fully saturated rings. The van der Waals surface area contributed by atoms with Crippen LogP contribution >= 0.6 is 0 Å². The molecule has 3 aromatic rings. The van der Waals surface area contributed by atoms with E-state index in [0.29, 0.717) is 11.8 Å². The first-order chi connectivity index (χ1) is 14.5. The lowest BCUT2D eigenvalue weighted by Crippen LogP contribution is -2.29. The second-order valence-corrected chi connectivity index (χ2v) is 8.17. The fourth-order valence-corrected chi connectivity index (χ4v) is 4.55. The molecule has 2 aromatic carbocycles. The molecule has 1 aliphatic rings. The van der Waals surface area contributed by atoms with E-state index in [9.17, 15) is 9.18 Å². The number of terminal acetylenes is 1. The fraction of sp³-hybridized carbons (Fsp3) is 0.308. The predicted octanol–water partition coefficient (Wildman–Crippen LogP) is 5.90. The van der Waals surface area contributed by atoms with Crippen LogP contribution in [-0.4, -0.2) is 10.9 Å². The number of rotatable bonds is 4. The first kappa shape index (κ1) is 20.1. The molecule has 1 unspecified atom stereocenters. The molecule has 0 saturated heterocycles. The third-order valence-electron chi connectivity index (χ3n) is 6.39. The maximum atomic E-state index is 13.8. The van der Waals surface area contributed by atoms with E-state index in [0.717, 1.165) is 47.8 Å². The molecule has 1 heterocycles. The van der Waals surface area contributed by atoms with Crippen molar-refractivity contribution in [3.8, 4) is 12.3 Å². The van der Waals surface area contributed by atoms with Crippen molar-refractivity contribution in [3.63, 3.8) is 0 Å². The van der Waals surface area contributed by atoms with Gasteiger partial charge in [0.25, 0.3) is 0 Å². The largest absolute Gasteiger partial charge is 0.326 e. The summed E-state index contributed by atoms with van der Waals surface area (Å²) in [4.78, 5) is 17.1. The SMILES string of the molecule is C#Cc1ccc(NC(=O)C(C)[C@H]2CC[C@@H](c3ccnc4ccc(F)cc43)CC2)cc1. The van der Waals surface area contributed by atoms with Gasteiger partial charge in [-0.2, -0.15) is 0 Å². The van der Waals surface area contributed by atoms with E-state index < -0.39 is 0 Å². The minimum atomic E-state index is -0.231. The van der Waals surface area contributed by atoms with Gasteiger partial charge < -0.3 is 5.32 Å². The summed E-state index contributed by atoms with van der Waals surface area (Å²) in [5, 5.41) is 3.91. The third kappa shape index (κ3) is 4.21. The molecule has 0 bridgehead atoms. The number of nitrogens with zero attached hydrogens (tertiary/aromatic N) is 1. The van der Waals surface area contributed by atoms with Crippen molar-refractivity contribution in [3.05, 3.63) is 71.7 Å². The molecule has 0 spiro atoms. The molecule has 3 nitrogen and oxygen atoms in total. The van der Waals surface area contributed by atoms with Crippen molar-refractivity contribution in [1.29, 1.82) is 0 Å². The molecule has 1 atom stereocenters. The Balaban J connectivity index is 1.40. The zero-order chi connectivity index (χ0) is 21.1. The smallest absolute Gasteiger partial charge is 0.227 e. The first-order valence-corrected chi connectivity index (χ1v) is 10.5. The number of pyridine rings is 1. The molecule has 4 rings (SSSR count). The van der Waals surface area contributed by atoms with E-state index in [1.54, 1.807) is 12.1 Å². The molecule has 1 aliphatic carbocycles. The lowest BCUT2D eigenvalue weighted by atomic mass is 9.73. The number of halogens is 1. The van der Waals surface area contributed by atoms with Crippen molar-refractivity contribution in [2.24, 2.45) is 11.8 Å². The van der Waals surface area contributed by atoms with Gasteiger partial charge >= 0.3 is 0 Å². The van der Waals surface area contributed by atoms with Crippen LogP contribution in [0.3, 0.4) is 0 Å². The summed E-state index contributed by atoms with van der Waals surface area (Å²) in [6, 6.07) is 14.1. The highest BCUT2D eigenvalue weighted by molar-refractivity contribution is 5.92. The lowest BCUT2D eigenvalue weighted by molar-refractivity contribution is -0.121. The van der Waals surface area contributed by atoms with Gasteiger partial charge in [-0.15, -0.1) is 6.42 Å². The topological polar surface area (TPSA) is 42.0 Å². The number of benzene rings is 2. The summed E-state index contributed by atoms with van der Waals surface area (Å²) in [7, 11) is 0. The van der Waals surface area contributed by atoms with Gasteiger partial charge in [0.1, 0.15) is 5.82 Å². The quantitative estimate of drug-likeness (QED) is 0.554. The Kier molecular flexibility index (Phi) is 5.81. The third-order valence-corrected chi connectivity index (χ3v) is 6.39. The minimum Gasteiger partial charge on any atom is -0.326 e. The normalized spacial score (nSPS) is 19.8. The summed E-state index contributed by atoms with van der Waals surface area (Å²) in [5.74, 6) is 3.04. The molecule has 152 valence electrons. The van der Waals surface area contributed by atoms with Crippen LogP contribution in [0.25, 0.3) is 10.9 Å². The van der Waals surface area contributed by atoms with Crippen LogP contribution in [0.1, 0.15) is 49.7 Å². The molecule has 0 radical (unpaired) electrons. The summed E-state index contributed by atoms with van der Waals surface area (Å²) >= 11 is 0. The van der Waals surface area contributed by atoms with E-state index in [1.807, 2.05) is 43.5 Å². The van der Waals surface area contributed by atoms with E-state index >= 15 is 0 Å².